The van der Waals surface area contributed by atoms with E-state index >= 15 is 0 Å². The summed E-state index contributed by atoms with van der Waals surface area (Å²) >= 11 is 1.47. The summed E-state index contributed by atoms with van der Waals surface area (Å²) in [5.41, 5.74) is 5.26. The first-order valence-corrected chi connectivity index (χ1v) is 13.0. The van der Waals surface area contributed by atoms with Crippen molar-refractivity contribution in [3.8, 4) is 10.6 Å². The van der Waals surface area contributed by atoms with Gasteiger partial charge in [-0.1, -0.05) is 42.0 Å². The van der Waals surface area contributed by atoms with Crippen LogP contribution in [0.4, 0.5) is 5.69 Å². The van der Waals surface area contributed by atoms with E-state index in [9.17, 15) is 9.59 Å². The van der Waals surface area contributed by atoms with Gasteiger partial charge in [-0.25, -0.2) is 4.98 Å². The number of piperidine rings is 1. The Kier molecular flexibility index (Phi) is 7.86. The monoisotopic (exact) mass is 490 g/mol. The van der Waals surface area contributed by atoms with Crippen molar-refractivity contribution in [2.24, 2.45) is 5.92 Å². The fraction of sp³-hybridized carbons (Fsp3) is 0.393. The molecule has 184 valence electrons. The van der Waals surface area contributed by atoms with Crippen LogP contribution in [0.1, 0.15) is 45.8 Å². The first kappa shape index (κ1) is 24.9. The molecule has 0 spiro atoms. The first-order chi connectivity index (χ1) is 16.8. The standard InChI is InChI=1S/C28H34N4O2S/c1-19-5-9-23(10-6-19)27-30-20(2)26(35-27)28(34)32-15-13-21(14-16-32)17-25(33)29-18-22-7-11-24(12-8-22)31(3)4/h5-12,21H,13-18H2,1-4H3,(H,29,33). The lowest BCUT2D eigenvalue weighted by atomic mass is 9.93. The van der Waals surface area contributed by atoms with E-state index in [-0.39, 0.29) is 11.8 Å². The smallest absolute Gasteiger partial charge is 0.265 e. The maximum absolute atomic E-state index is 13.2. The number of likely N-dealkylation sites (tertiary alicyclic amines) is 1. The van der Waals surface area contributed by atoms with Gasteiger partial charge in [0.05, 0.1) is 5.69 Å². The molecular weight excluding hydrogens is 456 g/mol. The minimum Gasteiger partial charge on any atom is -0.378 e. The summed E-state index contributed by atoms with van der Waals surface area (Å²) in [5.74, 6) is 0.441. The highest BCUT2D eigenvalue weighted by Gasteiger charge is 2.27. The predicted octanol–water partition coefficient (Wildman–Crippen LogP) is 5.05. The van der Waals surface area contributed by atoms with Gasteiger partial charge < -0.3 is 15.1 Å². The number of benzene rings is 2. The number of carbonyl (C=O) groups is 2. The van der Waals surface area contributed by atoms with Gasteiger partial charge >= 0.3 is 0 Å². The summed E-state index contributed by atoms with van der Waals surface area (Å²) in [6, 6.07) is 16.4. The lowest BCUT2D eigenvalue weighted by molar-refractivity contribution is -0.122. The number of hydrogen-bond donors (Lipinski definition) is 1. The normalized spacial score (nSPS) is 14.1. The summed E-state index contributed by atoms with van der Waals surface area (Å²) in [5, 5.41) is 3.93. The molecule has 0 bridgehead atoms. The fourth-order valence-corrected chi connectivity index (χ4v) is 5.38. The summed E-state index contributed by atoms with van der Waals surface area (Å²) < 4.78 is 0. The number of anilines is 1. The van der Waals surface area contributed by atoms with E-state index < -0.39 is 0 Å². The number of aryl methyl sites for hydroxylation is 2. The minimum absolute atomic E-state index is 0.0578. The molecule has 1 fully saturated rings. The molecule has 0 atom stereocenters. The molecule has 0 unspecified atom stereocenters. The third-order valence-corrected chi connectivity index (χ3v) is 7.80. The highest BCUT2D eigenvalue weighted by Crippen LogP contribution is 2.30. The third-order valence-electron chi connectivity index (χ3n) is 6.61. The zero-order chi connectivity index (χ0) is 24.9. The number of carbonyl (C=O) groups excluding carboxylic acids is 2. The summed E-state index contributed by atoms with van der Waals surface area (Å²) in [6.07, 6.45) is 2.20. The van der Waals surface area contributed by atoms with Gasteiger partial charge in [-0.2, -0.15) is 0 Å². The van der Waals surface area contributed by atoms with Crippen LogP contribution in [0.5, 0.6) is 0 Å². The van der Waals surface area contributed by atoms with Crippen molar-refractivity contribution in [1.82, 2.24) is 15.2 Å². The topological polar surface area (TPSA) is 65.5 Å². The van der Waals surface area contributed by atoms with Gasteiger partial charge in [0.1, 0.15) is 9.88 Å². The largest absolute Gasteiger partial charge is 0.378 e. The SMILES string of the molecule is Cc1ccc(-c2nc(C)c(C(=O)N3CCC(CC(=O)NCc4ccc(N(C)C)cc4)CC3)s2)cc1. The lowest BCUT2D eigenvalue weighted by Gasteiger charge is -2.31. The average molecular weight is 491 g/mol. The van der Waals surface area contributed by atoms with Crippen molar-refractivity contribution in [3.63, 3.8) is 0 Å². The van der Waals surface area contributed by atoms with E-state index in [1.165, 1.54) is 16.9 Å². The number of thiazole rings is 1. The molecule has 0 radical (unpaired) electrons. The molecule has 2 heterocycles. The maximum Gasteiger partial charge on any atom is 0.265 e. The summed E-state index contributed by atoms with van der Waals surface area (Å²) in [7, 11) is 4.02. The Morgan fingerprint density at radius 2 is 1.69 bits per heavy atom. The van der Waals surface area contributed by atoms with Gasteiger partial charge in [0, 0.05) is 51.4 Å². The molecule has 2 aromatic carbocycles. The first-order valence-electron chi connectivity index (χ1n) is 12.2. The van der Waals surface area contributed by atoms with E-state index in [0.717, 1.165) is 45.2 Å². The molecule has 3 aromatic rings. The number of amides is 2. The number of nitrogens with one attached hydrogen (secondary N) is 1. The van der Waals surface area contributed by atoms with Crippen LogP contribution in [0, 0.1) is 19.8 Å². The highest BCUT2D eigenvalue weighted by molar-refractivity contribution is 7.17. The van der Waals surface area contributed by atoms with Crippen LogP contribution in [0.15, 0.2) is 48.5 Å². The van der Waals surface area contributed by atoms with E-state index in [1.54, 1.807) is 0 Å². The van der Waals surface area contributed by atoms with Crippen molar-refractivity contribution >= 4 is 28.8 Å². The van der Waals surface area contributed by atoms with Gasteiger partial charge in [-0.15, -0.1) is 11.3 Å². The molecule has 1 N–H and O–H groups in total. The van der Waals surface area contributed by atoms with Crippen LogP contribution in [0.2, 0.25) is 0 Å². The molecule has 1 saturated heterocycles. The molecule has 6 nitrogen and oxygen atoms in total. The zero-order valence-corrected chi connectivity index (χ0v) is 21.8. The summed E-state index contributed by atoms with van der Waals surface area (Å²) in [4.78, 5) is 35.0. The third kappa shape index (κ3) is 6.28. The highest BCUT2D eigenvalue weighted by atomic mass is 32.1. The second kappa shape index (κ2) is 11.0. The van der Waals surface area contributed by atoms with E-state index in [2.05, 4.69) is 58.5 Å². The van der Waals surface area contributed by atoms with Crippen molar-refractivity contribution in [3.05, 3.63) is 70.2 Å². The molecular formula is C28H34N4O2S. The van der Waals surface area contributed by atoms with Gasteiger partial charge in [0.25, 0.3) is 5.91 Å². The lowest BCUT2D eigenvalue weighted by Crippen LogP contribution is -2.39. The Hall–Kier alpha value is -3.19. The molecule has 7 heteroatoms. The molecule has 0 saturated carbocycles. The Labute approximate surface area is 212 Å². The van der Waals surface area contributed by atoms with Gasteiger partial charge in [-0.3, -0.25) is 9.59 Å². The minimum atomic E-state index is 0.0578. The molecule has 0 aliphatic carbocycles. The average Bonchev–Trinajstić information content (AvgIpc) is 3.25. The van der Waals surface area contributed by atoms with E-state index in [4.69, 9.17) is 0 Å². The molecule has 35 heavy (non-hydrogen) atoms. The van der Waals surface area contributed by atoms with Crippen LogP contribution in [-0.4, -0.2) is 48.9 Å². The van der Waals surface area contributed by atoms with Crippen molar-refractivity contribution in [2.45, 2.75) is 39.7 Å². The van der Waals surface area contributed by atoms with Gasteiger partial charge in [0.15, 0.2) is 0 Å². The number of nitrogens with zero attached hydrogens (tertiary/aromatic N) is 3. The quantitative estimate of drug-likeness (QED) is 0.503. The predicted molar refractivity (Wildman–Crippen MR) is 143 cm³/mol. The molecule has 1 aliphatic rings. The van der Waals surface area contributed by atoms with Gasteiger partial charge in [-0.05, 0) is 50.3 Å². The van der Waals surface area contributed by atoms with E-state index in [1.807, 2.05) is 38.1 Å². The number of rotatable bonds is 7. The van der Waals surface area contributed by atoms with Crippen molar-refractivity contribution in [2.75, 3.05) is 32.1 Å². The van der Waals surface area contributed by atoms with Crippen LogP contribution in [-0.2, 0) is 11.3 Å². The zero-order valence-electron chi connectivity index (χ0n) is 21.0. The van der Waals surface area contributed by atoms with Crippen LogP contribution >= 0.6 is 11.3 Å². The van der Waals surface area contributed by atoms with Crippen LogP contribution in [0.3, 0.4) is 0 Å². The summed E-state index contributed by atoms with van der Waals surface area (Å²) in [6.45, 7) is 5.87. The second-order valence-corrected chi connectivity index (χ2v) is 10.6. The Bertz CT molecular complexity index is 1160. The number of hydrogen-bond acceptors (Lipinski definition) is 5. The second-order valence-electron chi connectivity index (χ2n) is 9.58. The molecule has 2 amide bonds. The van der Waals surface area contributed by atoms with Crippen LogP contribution in [0.25, 0.3) is 10.6 Å². The molecule has 4 rings (SSSR count). The van der Waals surface area contributed by atoms with E-state index in [0.29, 0.717) is 32.0 Å². The van der Waals surface area contributed by atoms with Crippen LogP contribution < -0.4 is 10.2 Å². The number of aromatic nitrogens is 1. The van der Waals surface area contributed by atoms with Gasteiger partial charge in [0.2, 0.25) is 5.91 Å². The van der Waals surface area contributed by atoms with Crippen molar-refractivity contribution in [1.29, 1.82) is 0 Å². The molecule has 1 aliphatic heterocycles. The Balaban J connectivity index is 1.26. The molecule has 1 aromatic heterocycles. The Morgan fingerprint density at radius 1 is 1.03 bits per heavy atom. The maximum atomic E-state index is 13.2. The Morgan fingerprint density at radius 3 is 2.31 bits per heavy atom. The fourth-order valence-electron chi connectivity index (χ4n) is 4.35. The van der Waals surface area contributed by atoms with Crippen molar-refractivity contribution < 1.29 is 9.59 Å².